The van der Waals surface area contributed by atoms with Gasteiger partial charge in [-0.05, 0) is 19.8 Å². The molecule has 0 bridgehead atoms. The van der Waals surface area contributed by atoms with Crippen molar-refractivity contribution in [1.29, 1.82) is 0 Å². The standard InChI is InChI=1S/C13H19N5O4S/c1-2-22-13(21)15-10(20)7-23-12-17-16-11(8-3-4-8)18(12)6-5-9(14)19/h8H,2-7H2,1H3,(H2,14,19)(H,15,20,21). The predicted octanol–water partition coefficient (Wildman–Crippen LogP) is 0.396. The quantitative estimate of drug-likeness (QED) is 0.654. The third kappa shape index (κ3) is 5.23. The second-order valence-electron chi connectivity index (χ2n) is 5.04. The van der Waals surface area contributed by atoms with Gasteiger partial charge in [-0.3, -0.25) is 14.9 Å². The molecule has 126 valence electrons. The summed E-state index contributed by atoms with van der Waals surface area (Å²) in [7, 11) is 0. The summed E-state index contributed by atoms with van der Waals surface area (Å²) in [4.78, 5) is 33.8. The van der Waals surface area contributed by atoms with E-state index < -0.39 is 17.9 Å². The van der Waals surface area contributed by atoms with Gasteiger partial charge in [-0.25, -0.2) is 4.79 Å². The van der Waals surface area contributed by atoms with E-state index in [0.717, 1.165) is 30.4 Å². The third-order valence-corrected chi connectivity index (χ3v) is 4.09. The van der Waals surface area contributed by atoms with Crippen LogP contribution in [0.3, 0.4) is 0 Å². The lowest BCUT2D eigenvalue weighted by Crippen LogP contribution is -2.32. The number of nitrogens with zero attached hydrogens (tertiary/aromatic N) is 3. The van der Waals surface area contributed by atoms with Crippen LogP contribution in [0.2, 0.25) is 0 Å². The number of aromatic nitrogens is 3. The Morgan fingerprint density at radius 2 is 2.13 bits per heavy atom. The first-order chi connectivity index (χ1) is 11.0. The van der Waals surface area contributed by atoms with E-state index in [1.54, 1.807) is 6.92 Å². The van der Waals surface area contributed by atoms with Crippen molar-refractivity contribution in [3.05, 3.63) is 5.82 Å². The molecule has 0 unspecified atom stereocenters. The highest BCUT2D eigenvalue weighted by molar-refractivity contribution is 7.99. The largest absolute Gasteiger partial charge is 0.450 e. The molecule has 1 aliphatic rings. The van der Waals surface area contributed by atoms with Crippen LogP contribution in [0.5, 0.6) is 0 Å². The molecular formula is C13H19N5O4S. The molecule has 0 saturated heterocycles. The zero-order chi connectivity index (χ0) is 16.8. The molecule has 1 aromatic heterocycles. The van der Waals surface area contributed by atoms with Gasteiger partial charge in [-0.15, -0.1) is 10.2 Å². The summed E-state index contributed by atoms with van der Waals surface area (Å²) in [6, 6.07) is 0. The first kappa shape index (κ1) is 17.3. The molecule has 0 aromatic carbocycles. The summed E-state index contributed by atoms with van der Waals surface area (Å²) in [6.45, 7) is 2.23. The summed E-state index contributed by atoms with van der Waals surface area (Å²) >= 11 is 1.15. The molecule has 1 saturated carbocycles. The van der Waals surface area contributed by atoms with Gasteiger partial charge in [0.25, 0.3) is 0 Å². The minimum absolute atomic E-state index is 0.00180. The molecule has 10 heteroatoms. The SMILES string of the molecule is CCOC(=O)NC(=O)CSc1nnc(C2CC2)n1CCC(N)=O. The van der Waals surface area contributed by atoms with Crippen LogP contribution in [0.1, 0.15) is 37.9 Å². The van der Waals surface area contributed by atoms with Crippen molar-refractivity contribution in [3.8, 4) is 0 Å². The van der Waals surface area contributed by atoms with Gasteiger partial charge in [-0.1, -0.05) is 11.8 Å². The Labute approximate surface area is 137 Å². The van der Waals surface area contributed by atoms with Crippen molar-refractivity contribution in [2.75, 3.05) is 12.4 Å². The second-order valence-corrected chi connectivity index (χ2v) is 5.98. The van der Waals surface area contributed by atoms with E-state index in [2.05, 4.69) is 20.3 Å². The number of amides is 3. The number of nitrogens with two attached hydrogens (primary N) is 1. The summed E-state index contributed by atoms with van der Waals surface area (Å²) < 4.78 is 6.46. The number of imide groups is 1. The Bertz CT molecular complexity index is 599. The summed E-state index contributed by atoms with van der Waals surface area (Å²) in [5, 5.41) is 10.9. The number of hydrogen-bond donors (Lipinski definition) is 2. The summed E-state index contributed by atoms with van der Waals surface area (Å²) in [6.07, 6.45) is 1.50. The van der Waals surface area contributed by atoms with Crippen molar-refractivity contribution in [1.82, 2.24) is 20.1 Å². The van der Waals surface area contributed by atoms with E-state index in [4.69, 9.17) is 5.73 Å². The Balaban J connectivity index is 1.94. The van der Waals surface area contributed by atoms with E-state index in [1.807, 2.05) is 4.57 Å². The Kier molecular flexibility index (Phi) is 5.97. The first-order valence-electron chi connectivity index (χ1n) is 7.32. The fourth-order valence-electron chi connectivity index (χ4n) is 1.93. The minimum Gasteiger partial charge on any atom is -0.450 e. The van der Waals surface area contributed by atoms with Gasteiger partial charge in [0.15, 0.2) is 5.16 Å². The number of rotatable bonds is 8. The molecule has 0 atom stereocenters. The second kappa shape index (κ2) is 7.95. The molecule has 1 heterocycles. The average Bonchev–Trinajstić information content (AvgIpc) is 3.24. The monoisotopic (exact) mass is 341 g/mol. The van der Waals surface area contributed by atoms with Crippen molar-refractivity contribution in [2.45, 2.75) is 43.8 Å². The number of nitrogens with one attached hydrogen (secondary N) is 1. The van der Waals surface area contributed by atoms with Gasteiger partial charge in [0, 0.05) is 18.9 Å². The van der Waals surface area contributed by atoms with Crippen LogP contribution in [0.15, 0.2) is 5.16 Å². The van der Waals surface area contributed by atoms with Crippen LogP contribution >= 0.6 is 11.8 Å². The van der Waals surface area contributed by atoms with Gasteiger partial charge in [0.1, 0.15) is 5.82 Å². The van der Waals surface area contributed by atoms with E-state index in [-0.39, 0.29) is 18.8 Å². The highest BCUT2D eigenvalue weighted by Crippen LogP contribution is 2.40. The number of carbonyl (C=O) groups is 3. The van der Waals surface area contributed by atoms with Gasteiger partial charge in [0.2, 0.25) is 11.8 Å². The van der Waals surface area contributed by atoms with E-state index >= 15 is 0 Å². The lowest BCUT2D eigenvalue weighted by atomic mass is 10.3. The van der Waals surface area contributed by atoms with Crippen molar-refractivity contribution in [3.63, 3.8) is 0 Å². The molecule has 0 radical (unpaired) electrons. The lowest BCUT2D eigenvalue weighted by Gasteiger charge is -2.08. The number of hydrogen-bond acceptors (Lipinski definition) is 7. The highest BCUT2D eigenvalue weighted by atomic mass is 32.2. The topological polar surface area (TPSA) is 129 Å². The Hall–Kier alpha value is -2.10. The fourth-order valence-corrected chi connectivity index (χ4v) is 2.70. The normalized spacial score (nSPS) is 13.6. The smallest absolute Gasteiger partial charge is 0.413 e. The van der Waals surface area contributed by atoms with Gasteiger partial charge >= 0.3 is 6.09 Å². The number of ether oxygens (including phenoxy) is 1. The van der Waals surface area contributed by atoms with E-state index in [9.17, 15) is 14.4 Å². The maximum atomic E-state index is 11.7. The van der Waals surface area contributed by atoms with Crippen molar-refractivity contribution >= 4 is 29.7 Å². The molecule has 3 amide bonds. The molecular weight excluding hydrogens is 322 g/mol. The van der Waals surface area contributed by atoms with Crippen LogP contribution < -0.4 is 11.1 Å². The van der Waals surface area contributed by atoms with Crippen LogP contribution in [-0.2, 0) is 20.9 Å². The molecule has 1 fully saturated rings. The van der Waals surface area contributed by atoms with E-state index in [0.29, 0.717) is 17.6 Å². The minimum atomic E-state index is -0.771. The zero-order valence-corrected chi connectivity index (χ0v) is 13.6. The lowest BCUT2D eigenvalue weighted by molar-refractivity contribution is -0.119. The molecule has 1 aliphatic carbocycles. The van der Waals surface area contributed by atoms with E-state index in [1.165, 1.54) is 0 Å². The highest BCUT2D eigenvalue weighted by Gasteiger charge is 2.30. The Morgan fingerprint density at radius 1 is 1.39 bits per heavy atom. The van der Waals surface area contributed by atoms with Crippen molar-refractivity contribution < 1.29 is 19.1 Å². The molecule has 2 rings (SSSR count). The summed E-state index contributed by atoms with van der Waals surface area (Å²) in [5.41, 5.74) is 5.19. The van der Waals surface area contributed by atoms with Crippen LogP contribution in [0.4, 0.5) is 4.79 Å². The van der Waals surface area contributed by atoms with Crippen LogP contribution in [0, 0.1) is 0 Å². The summed E-state index contributed by atoms with van der Waals surface area (Å²) in [5.74, 6) is 0.290. The maximum Gasteiger partial charge on any atom is 0.413 e. The average molecular weight is 341 g/mol. The van der Waals surface area contributed by atoms with Gasteiger partial charge in [0.05, 0.1) is 12.4 Å². The maximum absolute atomic E-state index is 11.7. The molecule has 0 spiro atoms. The number of alkyl carbamates (subject to hydrolysis) is 1. The van der Waals surface area contributed by atoms with Gasteiger partial charge in [-0.2, -0.15) is 0 Å². The Morgan fingerprint density at radius 3 is 2.74 bits per heavy atom. The molecule has 3 N–H and O–H groups in total. The van der Waals surface area contributed by atoms with Gasteiger partial charge < -0.3 is 15.0 Å². The molecule has 9 nitrogen and oxygen atoms in total. The molecule has 1 aromatic rings. The predicted molar refractivity (Wildman–Crippen MR) is 81.7 cm³/mol. The number of primary amides is 1. The van der Waals surface area contributed by atoms with Crippen LogP contribution in [0.25, 0.3) is 0 Å². The zero-order valence-electron chi connectivity index (χ0n) is 12.8. The number of thioether (sulfide) groups is 1. The first-order valence-corrected chi connectivity index (χ1v) is 8.30. The molecule has 23 heavy (non-hydrogen) atoms. The molecule has 0 aliphatic heterocycles. The van der Waals surface area contributed by atoms with Crippen molar-refractivity contribution in [2.24, 2.45) is 5.73 Å². The fraction of sp³-hybridized carbons (Fsp3) is 0.615. The number of carbonyl (C=O) groups excluding carboxylic acids is 3. The third-order valence-electron chi connectivity index (χ3n) is 3.12. The van der Waals surface area contributed by atoms with Crippen LogP contribution in [-0.4, -0.2) is 45.0 Å².